The van der Waals surface area contributed by atoms with E-state index in [0.29, 0.717) is 19.0 Å². The Kier molecular flexibility index (Phi) is 4.53. The van der Waals surface area contributed by atoms with Crippen LogP contribution in [0.15, 0.2) is 42.9 Å². The SMILES string of the molecule is Cn1cncc1Cn1nnc(C2CN(Cc3ccccc3)CCO2)n1. The zero-order valence-corrected chi connectivity index (χ0v) is 14.2. The summed E-state index contributed by atoms with van der Waals surface area (Å²) in [5.41, 5.74) is 2.33. The smallest absolute Gasteiger partial charge is 0.204 e. The van der Waals surface area contributed by atoms with Crippen molar-refractivity contribution in [2.75, 3.05) is 19.7 Å². The molecule has 25 heavy (non-hydrogen) atoms. The van der Waals surface area contributed by atoms with Gasteiger partial charge in [-0.2, -0.15) is 4.80 Å². The molecule has 8 nitrogen and oxygen atoms in total. The first-order chi connectivity index (χ1) is 12.3. The fourth-order valence-electron chi connectivity index (χ4n) is 2.98. The van der Waals surface area contributed by atoms with Crippen molar-refractivity contribution in [3.63, 3.8) is 0 Å². The molecule has 8 heteroatoms. The standard InChI is InChI=1S/C17H21N7O/c1-22-13-18-9-15(22)11-24-20-17(19-21-24)16-12-23(7-8-25-16)10-14-5-3-2-4-6-14/h2-6,9,13,16H,7-8,10-12H2,1H3. The van der Waals surface area contributed by atoms with E-state index in [1.54, 1.807) is 11.1 Å². The third-order valence-electron chi connectivity index (χ3n) is 4.38. The lowest BCUT2D eigenvalue weighted by atomic mass is 10.2. The molecule has 0 aliphatic carbocycles. The molecule has 0 bridgehead atoms. The van der Waals surface area contributed by atoms with Crippen molar-refractivity contribution in [3.8, 4) is 0 Å². The van der Waals surface area contributed by atoms with Crippen LogP contribution >= 0.6 is 0 Å². The summed E-state index contributed by atoms with van der Waals surface area (Å²) in [6.07, 6.45) is 3.43. The van der Waals surface area contributed by atoms with Crippen LogP contribution in [0.1, 0.15) is 23.2 Å². The molecule has 0 N–H and O–H groups in total. The first-order valence-electron chi connectivity index (χ1n) is 8.39. The highest BCUT2D eigenvalue weighted by Crippen LogP contribution is 2.20. The number of hydrogen-bond donors (Lipinski definition) is 0. The highest BCUT2D eigenvalue weighted by molar-refractivity contribution is 5.14. The number of rotatable bonds is 5. The Labute approximate surface area is 146 Å². The van der Waals surface area contributed by atoms with E-state index in [1.807, 2.05) is 23.9 Å². The van der Waals surface area contributed by atoms with Crippen LogP contribution in [0.5, 0.6) is 0 Å². The molecule has 3 aromatic rings. The molecule has 130 valence electrons. The van der Waals surface area contributed by atoms with E-state index in [2.05, 4.69) is 49.6 Å². The summed E-state index contributed by atoms with van der Waals surface area (Å²) in [7, 11) is 1.95. The summed E-state index contributed by atoms with van der Waals surface area (Å²) in [5, 5.41) is 12.8. The minimum Gasteiger partial charge on any atom is -0.367 e. The number of aromatic nitrogens is 6. The summed E-state index contributed by atoms with van der Waals surface area (Å²) in [6.45, 7) is 3.81. The summed E-state index contributed by atoms with van der Waals surface area (Å²) in [5.74, 6) is 0.639. The molecule has 3 heterocycles. The monoisotopic (exact) mass is 339 g/mol. The van der Waals surface area contributed by atoms with E-state index < -0.39 is 0 Å². The molecule has 2 aromatic heterocycles. The molecule has 0 saturated carbocycles. The molecule has 0 spiro atoms. The first kappa shape index (κ1) is 15.9. The molecule has 4 rings (SSSR count). The lowest BCUT2D eigenvalue weighted by Crippen LogP contribution is -2.38. The maximum absolute atomic E-state index is 5.87. The van der Waals surface area contributed by atoms with Crippen molar-refractivity contribution >= 4 is 0 Å². The van der Waals surface area contributed by atoms with Gasteiger partial charge in [0.1, 0.15) is 12.6 Å². The van der Waals surface area contributed by atoms with Crippen LogP contribution in [0.4, 0.5) is 0 Å². The lowest BCUT2D eigenvalue weighted by molar-refractivity contribution is -0.0373. The quantitative estimate of drug-likeness (QED) is 0.691. The van der Waals surface area contributed by atoms with Crippen molar-refractivity contribution in [1.82, 2.24) is 34.7 Å². The summed E-state index contributed by atoms with van der Waals surface area (Å²) in [4.78, 5) is 8.06. The van der Waals surface area contributed by atoms with Gasteiger partial charge in [0.15, 0.2) is 0 Å². The van der Waals surface area contributed by atoms with Crippen LogP contribution < -0.4 is 0 Å². The van der Waals surface area contributed by atoms with Gasteiger partial charge in [0, 0.05) is 26.7 Å². The second kappa shape index (κ2) is 7.12. The van der Waals surface area contributed by atoms with E-state index in [4.69, 9.17) is 4.74 Å². The normalized spacial score (nSPS) is 18.5. The number of tetrazole rings is 1. The van der Waals surface area contributed by atoms with Gasteiger partial charge < -0.3 is 9.30 Å². The lowest BCUT2D eigenvalue weighted by Gasteiger charge is -2.31. The van der Waals surface area contributed by atoms with Gasteiger partial charge in [-0.3, -0.25) is 4.90 Å². The zero-order chi connectivity index (χ0) is 17.1. The van der Waals surface area contributed by atoms with Gasteiger partial charge in [-0.25, -0.2) is 4.98 Å². The largest absolute Gasteiger partial charge is 0.367 e. The highest BCUT2D eigenvalue weighted by atomic mass is 16.5. The predicted molar refractivity (Wildman–Crippen MR) is 90.5 cm³/mol. The third kappa shape index (κ3) is 3.75. The van der Waals surface area contributed by atoms with Gasteiger partial charge in [-0.1, -0.05) is 30.3 Å². The molecule has 1 aliphatic heterocycles. The van der Waals surface area contributed by atoms with E-state index in [9.17, 15) is 0 Å². The number of ether oxygens (including phenoxy) is 1. The Morgan fingerprint density at radius 2 is 2.08 bits per heavy atom. The number of benzene rings is 1. The summed E-state index contributed by atoms with van der Waals surface area (Å²) < 4.78 is 7.81. The molecule has 0 amide bonds. The van der Waals surface area contributed by atoms with Crippen molar-refractivity contribution in [1.29, 1.82) is 0 Å². The van der Waals surface area contributed by atoms with Crippen molar-refractivity contribution < 1.29 is 4.74 Å². The number of nitrogens with zero attached hydrogens (tertiary/aromatic N) is 7. The van der Waals surface area contributed by atoms with E-state index in [1.165, 1.54) is 5.56 Å². The first-order valence-corrected chi connectivity index (χ1v) is 8.39. The molecular weight excluding hydrogens is 318 g/mol. The molecule has 1 aromatic carbocycles. The third-order valence-corrected chi connectivity index (χ3v) is 4.38. The summed E-state index contributed by atoms with van der Waals surface area (Å²) in [6, 6.07) is 10.5. The van der Waals surface area contributed by atoms with E-state index >= 15 is 0 Å². The predicted octanol–water partition coefficient (Wildman–Crippen LogP) is 1.03. The van der Waals surface area contributed by atoms with E-state index in [0.717, 1.165) is 25.3 Å². The average molecular weight is 339 g/mol. The Balaban J connectivity index is 1.40. The average Bonchev–Trinajstić information content (AvgIpc) is 3.26. The van der Waals surface area contributed by atoms with Gasteiger partial charge in [0.2, 0.25) is 5.82 Å². The Hall–Kier alpha value is -2.58. The van der Waals surface area contributed by atoms with Gasteiger partial charge in [-0.15, -0.1) is 10.2 Å². The van der Waals surface area contributed by atoms with Crippen molar-refractivity contribution in [2.45, 2.75) is 19.2 Å². The van der Waals surface area contributed by atoms with Crippen molar-refractivity contribution in [2.24, 2.45) is 7.05 Å². The van der Waals surface area contributed by atoms with Crippen molar-refractivity contribution in [3.05, 3.63) is 59.9 Å². The Morgan fingerprint density at radius 1 is 1.20 bits per heavy atom. The van der Waals surface area contributed by atoms with Crippen LogP contribution in [0, 0.1) is 0 Å². The van der Waals surface area contributed by atoms with E-state index in [-0.39, 0.29) is 6.10 Å². The number of morpholine rings is 1. The van der Waals surface area contributed by atoms with Crippen LogP contribution in [-0.2, 0) is 24.9 Å². The minimum atomic E-state index is -0.141. The summed E-state index contributed by atoms with van der Waals surface area (Å²) >= 11 is 0. The number of aryl methyl sites for hydroxylation is 1. The maximum atomic E-state index is 5.87. The second-order valence-corrected chi connectivity index (χ2v) is 6.25. The number of imidazole rings is 1. The number of hydrogen-bond acceptors (Lipinski definition) is 6. The van der Waals surface area contributed by atoms with Gasteiger partial charge in [0.25, 0.3) is 0 Å². The fourth-order valence-corrected chi connectivity index (χ4v) is 2.98. The minimum absolute atomic E-state index is 0.141. The maximum Gasteiger partial charge on any atom is 0.204 e. The molecule has 1 fully saturated rings. The molecule has 1 unspecified atom stereocenters. The molecular formula is C17H21N7O. The van der Waals surface area contributed by atoms with Crippen LogP contribution in [0.25, 0.3) is 0 Å². The van der Waals surface area contributed by atoms with Crippen LogP contribution in [0.3, 0.4) is 0 Å². The molecule has 0 radical (unpaired) electrons. The zero-order valence-electron chi connectivity index (χ0n) is 14.2. The van der Waals surface area contributed by atoms with Gasteiger partial charge in [0.05, 0.1) is 24.8 Å². The van der Waals surface area contributed by atoms with Gasteiger partial charge in [-0.05, 0) is 10.8 Å². The highest BCUT2D eigenvalue weighted by Gasteiger charge is 2.25. The second-order valence-electron chi connectivity index (χ2n) is 6.25. The fraction of sp³-hybridized carbons (Fsp3) is 0.412. The van der Waals surface area contributed by atoms with Crippen LogP contribution in [-0.4, -0.2) is 54.4 Å². The Bertz CT molecular complexity index is 813. The molecule has 1 saturated heterocycles. The Morgan fingerprint density at radius 3 is 2.88 bits per heavy atom. The molecule has 1 atom stereocenters. The van der Waals surface area contributed by atoms with Crippen LogP contribution in [0.2, 0.25) is 0 Å². The van der Waals surface area contributed by atoms with Gasteiger partial charge >= 0.3 is 0 Å². The molecule has 1 aliphatic rings. The topological polar surface area (TPSA) is 73.9 Å².